The minimum absolute atomic E-state index is 0.00215. The summed E-state index contributed by atoms with van der Waals surface area (Å²) in [5.41, 5.74) is 0.795. The lowest BCUT2D eigenvalue weighted by Gasteiger charge is -2.29. The van der Waals surface area contributed by atoms with Crippen LogP contribution in [0.4, 0.5) is 0 Å². The molecule has 1 saturated heterocycles. The molecular weight excluding hydrogens is 264 g/mol. The first-order valence-electron chi connectivity index (χ1n) is 7.81. The molecule has 0 bridgehead atoms. The summed E-state index contributed by atoms with van der Waals surface area (Å²) in [6, 6.07) is 7.90. The predicted octanol–water partition coefficient (Wildman–Crippen LogP) is 2.65. The molecule has 2 atom stereocenters. The minimum Gasteiger partial charge on any atom is -0.496 e. The Kier molecular flexibility index (Phi) is 5.23. The molecule has 1 aliphatic rings. The van der Waals surface area contributed by atoms with Crippen molar-refractivity contribution in [3.63, 3.8) is 0 Å². The molecule has 2 N–H and O–H groups in total. The van der Waals surface area contributed by atoms with Crippen molar-refractivity contribution in [3.05, 3.63) is 29.8 Å². The molecule has 1 heterocycles. The van der Waals surface area contributed by atoms with Gasteiger partial charge in [-0.25, -0.2) is 0 Å². The highest BCUT2D eigenvalue weighted by Gasteiger charge is 2.40. The standard InChI is InChI=1S/C17H26N2O2/c1-4-14(13-8-6-7-9-15(13)21-3)19-16(20)17(5-2)10-11-18-12-17/h6-9,14,18H,4-5,10-12H2,1-3H3,(H,19,20). The fraction of sp³-hybridized carbons (Fsp3) is 0.588. The Hall–Kier alpha value is -1.55. The number of hydrogen-bond donors (Lipinski definition) is 2. The Morgan fingerprint density at radius 1 is 1.43 bits per heavy atom. The van der Waals surface area contributed by atoms with Gasteiger partial charge in [-0.2, -0.15) is 0 Å². The lowest BCUT2D eigenvalue weighted by atomic mass is 9.83. The second-order valence-corrected chi connectivity index (χ2v) is 5.74. The van der Waals surface area contributed by atoms with Crippen molar-refractivity contribution >= 4 is 5.91 Å². The van der Waals surface area contributed by atoms with Gasteiger partial charge in [0.2, 0.25) is 5.91 Å². The molecule has 0 spiro atoms. The molecule has 1 amide bonds. The molecule has 1 aromatic carbocycles. The van der Waals surface area contributed by atoms with Gasteiger partial charge in [-0.1, -0.05) is 32.0 Å². The molecule has 0 saturated carbocycles. The van der Waals surface area contributed by atoms with E-state index in [-0.39, 0.29) is 17.4 Å². The van der Waals surface area contributed by atoms with Gasteiger partial charge in [-0.15, -0.1) is 0 Å². The number of para-hydroxylation sites is 1. The van der Waals surface area contributed by atoms with E-state index in [4.69, 9.17) is 4.74 Å². The van der Waals surface area contributed by atoms with Crippen molar-refractivity contribution in [1.29, 1.82) is 0 Å². The zero-order valence-electron chi connectivity index (χ0n) is 13.2. The second-order valence-electron chi connectivity index (χ2n) is 5.74. The Labute approximate surface area is 127 Å². The molecule has 116 valence electrons. The Bertz CT molecular complexity index is 481. The maximum Gasteiger partial charge on any atom is 0.228 e. The first-order valence-corrected chi connectivity index (χ1v) is 7.81. The fourth-order valence-corrected chi connectivity index (χ4v) is 3.07. The van der Waals surface area contributed by atoms with Crippen molar-refractivity contribution in [2.45, 2.75) is 39.2 Å². The number of carbonyl (C=O) groups is 1. The SMILES string of the molecule is CCC(NC(=O)C1(CC)CCNC1)c1ccccc1OC. The van der Waals surface area contributed by atoms with Crippen LogP contribution in [0.3, 0.4) is 0 Å². The molecule has 0 aliphatic carbocycles. The van der Waals surface area contributed by atoms with Gasteiger partial charge in [0.25, 0.3) is 0 Å². The Morgan fingerprint density at radius 3 is 2.76 bits per heavy atom. The third-order valence-electron chi connectivity index (χ3n) is 4.63. The predicted molar refractivity (Wildman–Crippen MR) is 84.4 cm³/mol. The smallest absolute Gasteiger partial charge is 0.228 e. The van der Waals surface area contributed by atoms with Crippen LogP contribution in [0.1, 0.15) is 44.7 Å². The van der Waals surface area contributed by atoms with Crippen molar-refractivity contribution in [2.75, 3.05) is 20.2 Å². The number of hydrogen-bond acceptors (Lipinski definition) is 3. The number of rotatable bonds is 6. The van der Waals surface area contributed by atoms with Crippen LogP contribution in [0, 0.1) is 5.41 Å². The molecule has 4 nitrogen and oxygen atoms in total. The van der Waals surface area contributed by atoms with E-state index in [0.717, 1.165) is 43.7 Å². The Morgan fingerprint density at radius 2 is 2.19 bits per heavy atom. The van der Waals surface area contributed by atoms with Crippen molar-refractivity contribution in [3.8, 4) is 5.75 Å². The van der Waals surface area contributed by atoms with Crippen LogP contribution < -0.4 is 15.4 Å². The van der Waals surface area contributed by atoms with Crippen molar-refractivity contribution in [2.24, 2.45) is 5.41 Å². The highest BCUT2D eigenvalue weighted by atomic mass is 16.5. The van der Waals surface area contributed by atoms with Gasteiger partial charge in [0, 0.05) is 12.1 Å². The van der Waals surface area contributed by atoms with Crippen LogP contribution in [0.15, 0.2) is 24.3 Å². The lowest BCUT2D eigenvalue weighted by molar-refractivity contribution is -0.131. The molecule has 2 rings (SSSR count). The minimum atomic E-state index is -0.255. The maximum atomic E-state index is 12.7. The van der Waals surface area contributed by atoms with E-state index in [1.807, 2.05) is 24.3 Å². The van der Waals surface area contributed by atoms with E-state index in [2.05, 4.69) is 24.5 Å². The number of methoxy groups -OCH3 is 1. The van der Waals surface area contributed by atoms with E-state index >= 15 is 0 Å². The molecule has 1 fully saturated rings. The van der Waals surface area contributed by atoms with E-state index in [0.29, 0.717) is 0 Å². The van der Waals surface area contributed by atoms with Gasteiger partial charge in [0.05, 0.1) is 18.6 Å². The van der Waals surface area contributed by atoms with Gasteiger partial charge in [0.15, 0.2) is 0 Å². The molecule has 4 heteroatoms. The number of amides is 1. The van der Waals surface area contributed by atoms with Gasteiger partial charge in [-0.3, -0.25) is 4.79 Å². The molecular formula is C17H26N2O2. The molecule has 2 unspecified atom stereocenters. The summed E-state index contributed by atoms with van der Waals surface area (Å²) in [5.74, 6) is 0.993. The van der Waals surface area contributed by atoms with Gasteiger partial charge in [-0.05, 0) is 31.9 Å². The topological polar surface area (TPSA) is 50.4 Å². The monoisotopic (exact) mass is 290 g/mol. The second kappa shape index (κ2) is 6.94. The third-order valence-corrected chi connectivity index (χ3v) is 4.63. The molecule has 0 aromatic heterocycles. The Balaban J connectivity index is 2.17. The third kappa shape index (κ3) is 3.21. The van der Waals surface area contributed by atoms with E-state index < -0.39 is 0 Å². The maximum absolute atomic E-state index is 12.7. The van der Waals surface area contributed by atoms with Crippen molar-refractivity contribution in [1.82, 2.24) is 10.6 Å². The summed E-state index contributed by atoms with van der Waals surface area (Å²) in [4.78, 5) is 12.7. The summed E-state index contributed by atoms with van der Waals surface area (Å²) in [7, 11) is 1.67. The summed E-state index contributed by atoms with van der Waals surface area (Å²) < 4.78 is 5.42. The highest BCUT2D eigenvalue weighted by molar-refractivity contribution is 5.83. The first kappa shape index (κ1) is 15.8. The van der Waals surface area contributed by atoms with E-state index in [9.17, 15) is 4.79 Å². The molecule has 1 aliphatic heterocycles. The van der Waals surface area contributed by atoms with E-state index in [1.54, 1.807) is 7.11 Å². The summed E-state index contributed by atoms with van der Waals surface area (Å²) >= 11 is 0. The fourth-order valence-electron chi connectivity index (χ4n) is 3.07. The summed E-state index contributed by atoms with van der Waals surface area (Å²) in [5, 5.41) is 6.55. The number of benzene rings is 1. The lowest BCUT2D eigenvalue weighted by Crippen LogP contribution is -2.43. The zero-order chi connectivity index (χ0) is 15.3. The average molecular weight is 290 g/mol. The van der Waals surface area contributed by atoms with Crippen LogP contribution in [-0.2, 0) is 4.79 Å². The van der Waals surface area contributed by atoms with Gasteiger partial charge >= 0.3 is 0 Å². The largest absolute Gasteiger partial charge is 0.496 e. The van der Waals surface area contributed by atoms with Gasteiger partial charge in [0.1, 0.15) is 5.75 Å². The number of carbonyl (C=O) groups excluding carboxylic acids is 1. The van der Waals surface area contributed by atoms with Crippen LogP contribution in [-0.4, -0.2) is 26.1 Å². The van der Waals surface area contributed by atoms with E-state index in [1.165, 1.54) is 0 Å². The molecule has 0 radical (unpaired) electrons. The quantitative estimate of drug-likeness (QED) is 0.847. The zero-order valence-corrected chi connectivity index (χ0v) is 13.2. The summed E-state index contributed by atoms with van der Waals surface area (Å²) in [6.45, 7) is 5.88. The van der Waals surface area contributed by atoms with Crippen LogP contribution >= 0.6 is 0 Å². The molecule has 1 aromatic rings. The van der Waals surface area contributed by atoms with Gasteiger partial charge < -0.3 is 15.4 Å². The first-order chi connectivity index (χ1) is 10.2. The number of ether oxygens (including phenoxy) is 1. The van der Waals surface area contributed by atoms with Crippen molar-refractivity contribution < 1.29 is 9.53 Å². The van der Waals surface area contributed by atoms with Crippen LogP contribution in [0.5, 0.6) is 5.75 Å². The van der Waals surface area contributed by atoms with Crippen LogP contribution in [0.2, 0.25) is 0 Å². The number of nitrogens with one attached hydrogen (secondary N) is 2. The average Bonchev–Trinajstić information content (AvgIpc) is 3.02. The molecule has 21 heavy (non-hydrogen) atoms. The summed E-state index contributed by atoms with van der Waals surface area (Å²) in [6.07, 6.45) is 2.63. The van der Waals surface area contributed by atoms with Crippen LogP contribution in [0.25, 0.3) is 0 Å². The normalized spacial score (nSPS) is 22.8. The highest BCUT2D eigenvalue weighted by Crippen LogP contribution is 2.32.